The lowest BCUT2D eigenvalue weighted by Gasteiger charge is -2.28. The molecule has 1 aromatic heterocycles. The number of hydrogen-bond donors (Lipinski definition) is 0. The minimum Gasteiger partial charge on any atom is -0.302 e. The molecule has 2 aliphatic rings. The molecule has 0 radical (unpaired) electrons. The molecule has 0 saturated carbocycles. The van der Waals surface area contributed by atoms with E-state index in [1.54, 1.807) is 5.57 Å². The van der Waals surface area contributed by atoms with Gasteiger partial charge in [0.15, 0.2) is 0 Å². The Labute approximate surface area is 132 Å². The number of fused-ring (bicyclic) bond motifs is 2. The second-order valence-electron chi connectivity index (χ2n) is 6.47. The van der Waals surface area contributed by atoms with Crippen LogP contribution in [0, 0.1) is 0 Å². The molecule has 2 heteroatoms. The molecule has 0 fully saturated rings. The van der Waals surface area contributed by atoms with Gasteiger partial charge in [-0.2, -0.15) is 0 Å². The average molecular weight is 290 g/mol. The van der Waals surface area contributed by atoms with E-state index in [9.17, 15) is 0 Å². The number of pyridine rings is 1. The van der Waals surface area contributed by atoms with Crippen molar-refractivity contribution in [2.75, 3.05) is 20.1 Å². The Morgan fingerprint density at radius 3 is 2.68 bits per heavy atom. The van der Waals surface area contributed by atoms with Crippen molar-refractivity contribution in [3.05, 3.63) is 76.6 Å². The topological polar surface area (TPSA) is 16.1 Å². The second kappa shape index (κ2) is 5.69. The molecule has 1 aliphatic heterocycles. The molecule has 1 aliphatic carbocycles. The van der Waals surface area contributed by atoms with E-state index in [-0.39, 0.29) is 0 Å². The number of aryl methyl sites for hydroxylation is 2. The summed E-state index contributed by atoms with van der Waals surface area (Å²) in [5, 5.41) is 0. The zero-order valence-electron chi connectivity index (χ0n) is 13.1. The molecule has 2 heterocycles. The van der Waals surface area contributed by atoms with Gasteiger partial charge in [-0.1, -0.05) is 42.0 Å². The molecule has 0 bridgehead atoms. The maximum absolute atomic E-state index is 4.80. The van der Waals surface area contributed by atoms with Crippen molar-refractivity contribution in [2.45, 2.75) is 25.2 Å². The van der Waals surface area contributed by atoms with Gasteiger partial charge in [-0.3, -0.25) is 4.98 Å². The predicted molar refractivity (Wildman–Crippen MR) is 90.1 cm³/mol. The van der Waals surface area contributed by atoms with Crippen molar-refractivity contribution in [2.24, 2.45) is 0 Å². The van der Waals surface area contributed by atoms with E-state index in [4.69, 9.17) is 4.98 Å². The summed E-state index contributed by atoms with van der Waals surface area (Å²) in [6.07, 6.45) is 7.75. The Morgan fingerprint density at radius 1 is 1.00 bits per heavy atom. The number of likely N-dealkylation sites (N-methyl/N-ethyl adjacent to an activating group) is 1. The second-order valence-corrected chi connectivity index (χ2v) is 6.47. The molecule has 2 aromatic rings. The summed E-state index contributed by atoms with van der Waals surface area (Å²) in [6, 6.07) is 13.3. The monoisotopic (exact) mass is 290 g/mol. The van der Waals surface area contributed by atoms with Crippen molar-refractivity contribution in [3.8, 4) is 0 Å². The van der Waals surface area contributed by atoms with Crippen LogP contribution >= 0.6 is 0 Å². The molecule has 4 rings (SSSR count). The fourth-order valence-corrected chi connectivity index (χ4v) is 3.81. The minimum absolute atomic E-state index is 0.351. The van der Waals surface area contributed by atoms with E-state index in [0.29, 0.717) is 5.92 Å². The lowest BCUT2D eigenvalue weighted by molar-refractivity contribution is 0.355. The number of hydrogen-bond acceptors (Lipinski definition) is 2. The summed E-state index contributed by atoms with van der Waals surface area (Å²) in [5.74, 6) is 0.351. The Bertz CT molecular complexity index is 670. The first-order chi connectivity index (χ1) is 10.8. The van der Waals surface area contributed by atoms with Crippen LogP contribution in [0.1, 0.15) is 34.7 Å². The van der Waals surface area contributed by atoms with Crippen molar-refractivity contribution < 1.29 is 0 Å². The molecule has 0 N–H and O–H groups in total. The van der Waals surface area contributed by atoms with Gasteiger partial charge < -0.3 is 4.90 Å². The van der Waals surface area contributed by atoms with E-state index in [0.717, 1.165) is 32.4 Å². The molecule has 112 valence electrons. The first-order valence-corrected chi connectivity index (χ1v) is 8.22. The standard InChI is InChI=1S/C20H22N2/c1-22-13-10-16(11-14-22)19-18-7-3-2-5-15(18)8-9-17-6-4-12-21-20(17)19/h2-7,10,12,19H,8-9,11,13-14H2,1H3. The Balaban J connectivity index is 1.88. The van der Waals surface area contributed by atoms with Gasteiger partial charge in [-0.05, 0) is 49.1 Å². The van der Waals surface area contributed by atoms with Crippen LogP contribution < -0.4 is 0 Å². The number of nitrogens with zero attached hydrogens (tertiary/aromatic N) is 2. The third-order valence-electron chi connectivity index (χ3n) is 5.05. The third-order valence-corrected chi connectivity index (χ3v) is 5.05. The summed E-state index contributed by atoms with van der Waals surface area (Å²) in [7, 11) is 2.19. The summed E-state index contributed by atoms with van der Waals surface area (Å²) >= 11 is 0. The zero-order valence-corrected chi connectivity index (χ0v) is 13.1. The van der Waals surface area contributed by atoms with Crippen LogP contribution in [0.4, 0.5) is 0 Å². The molecule has 0 spiro atoms. The number of aromatic nitrogens is 1. The van der Waals surface area contributed by atoms with Crippen LogP contribution in [0.15, 0.2) is 54.2 Å². The molecule has 1 aromatic carbocycles. The van der Waals surface area contributed by atoms with Crippen molar-refractivity contribution in [3.63, 3.8) is 0 Å². The van der Waals surface area contributed by atoms with Crippen LogP contribution in [0.2, 0.25) is 0 Å². The Kier molecular flexibility index (Phi) is 3.55. The van der Waals surface area contributed by atoms with E-state index >= 15 is 0 Å². The highest BCUT2D eigenvalue weighted by Gasteiger charge is 2.28. The van der Waals surface area contributed by atoms with Crippen molar-refractivity contribution in [1.29, 1.82) is 0 Å². The number of rotatable bonds is 1. The van der Waals surface area contributed by atoms with Gasteiger partial charge in [0, 0.05) is 25.2 Å². The number of benzene rings is 1. The predicted octanol–water partition coefficient (Wildman–Crippen LogP) is 3.57. The highest BCUT2D eigenvalue weighted by Crippen LogP contribution is 2.39. The molecule has 1 unspecified atom stereocenters. The first kappa shape index (κ1) is 13.7. The van der Waals surface area contributed by atoms with Gasteiger partial charge in [-0.25, -0.2) is 0 Å². The SMILES string of the molecule is CN1CC=C(C2c3ccccc3CCc3cccnc32)CC1. The lowest BCUT2D eigenvalue weighted by Crippen LogP contribution is -2.26. The van der Waals surface area contributed by atoms with Crippen molar-refractivity contribution >= 4 is 0 Å². The smallest absolute Gasteiger partial charge is 0.0551 e. The highest BCUT2D eigenvalue weighted by atomic mass is 15.1. The normalized spacial score (nSPS) is 21.5. The molecule has 1 atom stereocenters. The molecular weight excluding hydrogens is 268 g/mol. The fraction of sp³-hybridized carbons (Fsp3) is 0.350. The summed E-state index contributed by atoms with van der Waals surface area (Å²) < 4.78 is 0. The fourth-order valence-electron chi connectivity index (χ4n) is 3.81. The molecule has 22 heavy (non-hydrogen) atoms. The summed E-state index contributed by atoms with van der Waals surface area (Å²) in [5.41, 5.74) is 7.21. The van der Waals surface area contributed by atoms with Crippen molar-refractivity contribution in [1.82, 2.24) is 9.88 Å². The van der Waals surface area contributed by atoms with Crippen LogP contribution in [0.3, 0.4) is 0 Å². The van der Waals surface area contributed by atoms with Gasteiger partial charge in [0.2, 0.25) is 0 Å². The summed E-state index contributed by atoms with van der Waals surface area (Å²) in [4.78, 5) is 7.18. The Hall–Kier alpha value is -1.93. The zero-order chi connectivity index (χ0) is 14.9. The van der Waals surface area contributed by atoms with Gasteiger partial charge in [0.1, 0.15) is 0 Å². The van der Waals surface area contributed by atoms with Gasteiger partial charge in [0.25, 0.3) is 0 Å². The quantitative estimate of drug-likeness (QED) is 0.746. The lowest BCUT2D eigenvalue weighted by atomic mass is 9.82. The van der Waals surface area contributed by atoms with Gasteiger partial charge >= 0.3 is 0 Å². The molecule has 0 amide bonds. The minimum atomic E-state index is 0.351. The summed E-state index contributed by atoms with van der Waals surface area (Å²) in [6.45, 7) is 2.20. The van der Waals surface area contributed by atoms with E-state index in [1.165, 1.54) is 22.4 Å². The van der Waals surface area contributed by atoms with E-state index in [2.05, 4.69) is 54.4 Å². The average Bonchev–Trinajstić information content (AvgIpc) is 2.73. The molecular formula is C20H22N2. The van der Waals surface area contributed by atoms with Crippen LogP contribution in [0.5, 0.6) is 0 Å². The third kappa shape index (κ3) is 2.38. The van der Waals surface area contributed by atoms with Crippen LogP contribution in [-0.4, -0.2) is 30.0 Å². The maximum atomic E-state index is 4.80. The van der Waals surface area contributed by atoms with E-state index < -0.39 is 0 Å². The first-order valence-electron chi connectivity index (χ1n) is 8.22. The molecule has 2 nitrogen and oxygen atoms in total. The van der Waals surface area contributed by atoms with Gasteiger partial charge in [-0.15, -0.1) is 0 Å². The van der Waals surface area contributed by atoms with Crippen LogP contribution in [-0.2, 0) is 12.8 Å². The van der Waals surface area contributed by atoms with Gasteiger partial charge in [0.05, 0.1) is 5.69 Å². The van der Waals surface area contributed by atoms with E-state index in [1.807, 2.05) is 6.20 Å². The molecule has 0 saturated heterocycles. The Morgan fingerprint density at radius 2 is 1.82 bits per heavy atom. The largest absolute Gasteiger partial charge is 0.302 e. The van der Waals surface area contributed by atoms with Crippen LogP contribution in [0.25, 0.3) is 0 Å². The maximum Gasteiger partial charge on any atom is 0.0551 e. The highest BCUT2D eigenvalue weighted by molar-refractivity contribution is 5.48.